The topological polar surface area (TPSA) is 53.1 Å². The maximum Gasteiger partial charge on any atom is 0.223 e. The predicted molar refractivity (Wildman–Crippen MR) is 129 cm³/mol. The maximum absolute atomic E-state index is 13.1. The summed E-state index contributed by atoms with van der Waals surface area (Å²) in [7, 11) is 6.07. The first kappa shape index (κ1) is 24.4. The Morgan fingerprint density at radius 3 is 2.47 bits per heavy atom. The minimum atomic E-state index is -1.33. The first-order chi connectivity index (χ1) is 15.2. The van der Waals surface area contributed by atoms with E-state index in [-0.39, 0.29) is 5.91 Å². The van der Waals surface area contributed by atoms with Crippen LogP contribution in [0.25, 0.3) is 0 Å². The molecule has 1 heterocycles. The van der Waals surface area contributed by atoms with Crippen molar-refractivity contribution in [1.29, 1.82) is 0 Å². The van der Waals surface area contributed by atoms with Gasteiger partial charge in [0.05, 0.1) is 12.0 Å². The zero-order valence-corrected chi connectivity index (χ0v) is 20.9. The van der Waals surface area contributed by atoms with Gasteiger partial charge in [0.1, 0.15) is 16.7 Å². The lowest BCUT2D eigenvalue weighted by molar-refractivity contribution is -0.130. The molecule has 0 N–H and O–H groups in total. The maximum atomic E-state index is 13.1. The van der Waals surface area contributed by atoms with Crippen molar-refractivity contribution in [2.75, 3.05) is 41.3 Å². The van der Waals surface area contributed by atoms with Crippen LogP contribution in [0.5, 0.6) is 5.75 Å². The highest BCUT2D eigenvalue weighted by Crippen LogP contribution is 2.26. The monoisotopic (exact) mass is 457 g/mol. The SMILES string of the molecule is COc1cc(C)c(S(=O)N(C)CCC(=O)N(C)Cc2ccc3c(c2)CN(C)CC3)c(C)c1. The van der Waals surface area contributed by atoms with E-state index in [2.05, 4.69) is 30.1 Å². The fourth-order valence-corrected chi connectivity index (χ4v) is 5.44. The van der Waals surface area contributed by atoms with E-state index in [9.17, 15) is 9.00 Å². The number of benzene rings is 2. The third-order valence-corrected chi connectivity index (χ3v) is 7.83. The van der Waals surface area contributed by atoms with Crippen molar-refractivity contribution in [2.45, 2.75) is 44.7 Å². The summed E-state index contributed by atoms with van der Waals surface area (Å²) < 4.78 is 20.1. The molecule has 2 aromatic rings. The summed E-state index contributed by atoms with van der Waals surface area (Å²) in [5.41, 5.74) is 5.77. The Morgan fingerprint density at radius 1 is 1.12 bits per heavy atom. The minimum Gasteiger partial charge on any atom is -0.497 e. The van der Waals surface area contributed by atoms with Gasteiger partial charge in [-0.25, -0.2) is 8.51 Å². The smallest absolute Gasteiger partial charge is 0.223 e. The summed E-state index contributed by atoms with van der Waals surface area (Å²) >= 11 is 0. The van der Waals surface area contributed by atoms with E-state index in [1.54, 1.807) is 23.4 Å². The summed E-state index contributed by atoms with van der Waals surface area (Å²) in [4.78, 5) is 17.6. The summed E-state index contributed by atoms with van der Waals surface area (Å²) in [6.45, 7) is 6.93. The van der Waals surface area contributed by atoms with E-state index in [1.807, 2.05) is 33.0 Å². The normalized spacial score (nSPS) is 14.8. The fraction of sp³-hybridized carbons (Fsp3) is 0.480. The zero-order valence-electron chi connectivity index (χ0n) is 20.1. The Morgan fingerprint density at radius 2 is 1.81 bits per heavy atom. The largest absolute Gasteiger partial charge is 0.497 e. The molecule has 1 amide bonds. The van der Waals surface area contributed by atoms with Gasteiger partial charge in [0.15, 0.2) is 0 Å². The van der Waals surface area contributed by atoms with Crippen LogP contribution in [0.15, 0.2) is 35.2 Å². The quantitative estimate of drug-likeness (QED) is 0.610. The van der Waals surface area contributed by atoms with Crippen LogP contribution in [0.4, 0.5) is 0 Å². The number of likely N-dealkylation sites (N-methyl/N-ethyl adjacent to an activating group) is 1. The number of rotatable bonds is 8. The molecule has 6 nitrogen and oxygen atoms in total. The molecule has 1 atom stereocenters. The van der Waals surface area contributed by atoms with Crippen molar-refractivity contribution in [3.8, 4) is 5.75 Å². The molecule has 0 spiro atoms. The molecule has 32 heavy (non-hydrogen) atoms. The Hall–Kier alpha value is -2.22. The average molecular weight is 458 g/mol. The molecule has 1 unspecified atom stereocenters. The number of fused-ring (bicyclic) bond motifs is 1. The van der Waals surface area contributed by atoms with Gasteiger partial charge >= 0.3 is 0 Å². The number of nitrogens with zero attached hydrogens (tertiary/aromatic N) is 3. The Bertz CT molecular complexity index is 985. The molecule has 0 saturated carbocycles. The van der Waals surface area contributed by atoms with E-state index >= 15 is 0 Å². The van der Waals surface area contributed by atoms with E-state index in [1.165, 1.54) is 11.1 Å². The number of hydrogen-bond acceptors (Lipinski definition) is 4. The molecule has 7 heteroatoms. The number of carbonyl (C=O) groups excluding carboxylic acids is 1. The molecular formula is C25H35N3O3S. The summed E-state index contributed by atoms with van der Waals surface area (Å²) in [6.07, 6.45) is 1.40. The third-order valence-electron chi connectivity index (χ3n) is 6.09. The molecule has 0 bridgehead atoms. The number of ether oxygens (including phenoxy) is 1. The van der Waals surface area contributed by atoms with Crippen LogP contribution in [0.2, 0.25) is 0 Å². The summed E-state index contributed by atoms with van der Waals surface area (Å²) in [6, 6.07) is 10.3. The first-order valence-corrected chi connectivity index (χ1v) is 12.1. The van der Waals surface area contributed by atoms with E-state index in [0.29, 0.717) is 19.5 Å². The molecule has 2 aromatic carbocycles. The standard InChI is InChI=1S/C25H35N3O3S/c1-18-13-23(31-6)14-19(2)25(18)32(30)28(5)12-10-24(29)27(4)16-20-7-8-21-9-11-26(3)17-22(21)15-20/h7-8,13-15H,9-12,16-17H2,1-6H3. The van der Waals surface area contributed by atoms with Crippen LogP contribution < -0.4 is 4.74 Å². The van der Waals surface area contributed by atoms with Gasteiger partial charge in [0.25, 0.3) is 0 Å². The Balaban J connectivity index is 1.57. The van der Waals surface area contributed by atoms with Crippen molar-refractivity contribution < 1.29 is 13.7 Å². The van der Waals surface area contributed by atoms with Crippen molar-refractivity contribution >= 4 is 16.9 Å². The third kappa shape index (κ3) is 5.77. The zero-order chi connectivity index (χ0) is 23.4. The number of aryl methyl sites for hydroxylation is 2. The van der Waals surface area contributed by atoms with E-state index in [0.717, 1.165) is 46.8 Å². The van der Waals surface area contributed by atoms with Gasteiger partial charge in [-0.05, 0) is 67.3 Å². The van der Waals surface area contributed by atoms with Crippen molar-refractivity contribution in [3.63, 3.8) is 0 Å². The van der Waals surface area contributed by atoms with Gasteiger partial charge < -0.3 is 14.5 Å². The molecule has 0 aromatic heterocycles. The minimum absolute atomic E-state index is 0.0480. The Kier molecular flexibility index (Phi) is 8.09. The number of carbonyl (C=O) groups is 1. The van der Waals surface area contributed by atoms with Crippen LogP contribution in [-0.4, -0.2) is 65.6 Å². The molecule has 0 saturated heterocycles. The molecule has 0 radical (unpaired) electrons. The molecular weight excluding hydrogens is 422 g/mol. The highest BCUT2D eigenvalue weighted by molar-refractivity contribution is 7.82. The van der Waals surface area contributed by atoms with Crippen molar-refractivity contribution in [2.24, 2.45) is 0 Å². The van der Waals surface area contributed by atoms with E-state index < -0.39 is 11.0 Å². The van der Waals surface area contributed by atoms with Gasteiger partial charge in [-0.3, -0.25) is 4.79 Å². The summed E-state index contributed by atoms with van der Waals surface area (Å²) in [5.74, 6) is 0.806. The lowest BCUT2D eigenvalue weighted by atomic mass is 9.97. The van der Waals surface area contributed by atoms with Crippen LogP contribution in [-0.2, 0) is 35.3 Å². The van der Waals surface area contributed by atoms with Gasteiger partial charge in [0.2, 0.25) is 5.91 Å². The lowest BCUT2D eigenvalue weighted by Crippen LogP contribution is -2.31. The first-order valence-electron chi connectivity index (χ1n) is 11.0. The number of hydrogen-bond donors (Lipinski definition) is 0. The molecule has 1 aliphatic rings. The highest BCUT2D eigenvalue weighted by atomic mass is 32.2. The van der Waals surface area contributed by atoms with Gasteiger partial charge in [-0.1, -0.05) is 18.2 Å². The number of amides is 1. The number of methoxy groups -OCH3 is 1. The fourth-order valence-electron chi connectivity index (χ4n) is 4.20. The van der Waals surface area contributed by atoms with Gasteiger partial charge in [-0.15, -0.1) is 0 Å². The predicted octanol–water partition coefficient (Wildman–Crippen LogP) is 3.30. The van der Waals surface area contributed by atoms with Gasteiger partial charge in [-0.2, -0.15) is 0 Å². The van der Waals surface area contributed by atoms with Crippen LogP contribution in [0.3, 0.4) is 0 Å². The lowest BCUT2D eigenvalue weighted by Gasteiger charge is -2.26. The van der Waals surface area contributed by atoms with Crippen molar-refractivity contribution in [3.05, 3.63) is 58.1 Å². The molecule has 3 rings (SSSR count). The Labute approximate surface area is 194 Å². The molecule has 0 fully saturated rings. The second-order valence-electron chi connectivity index (χ2n) is 8.78. The summed E-state index contributed by atoms with van der Waals surface area (Å²) in [5, 5.41) is 0. The second kappa shape index (κ2) is 10.6. The molecule has 0 aliphatic carbocycles. The molecule has 174 valence electrons. The van der Waals surface area contributed by atoms with Crippen LogP contribution >= 0.6 is 0 Å². The van der Waals surface area contributed by atoms with E-state index in [4.69, 9.17) is 4.74 Å². The van der Waals surface area contributed by atoms with Crippen LogP contribution in [0.1, 0.15) is 34.2 Å². The second-order valence-corrected chi connectivity index (χ2v) is 10.3. The van der Waals surface area contributed by atoms with Gasteiger partial charge in [0, 0.05) is 46.7 Å². The highest BCUT2D eigenvalue weighted by Gasteiger charge is 2.19. The average Bonchev–Trinajstić information content (AvgIpc) is 2.76. The van der Waals surface area contributed by atoms with Crippen molar-refractivity contribution in [1.82, 2.24) is 14.1 Å². The van der Waals surface area contributed by atoms with Crippen LogP contribution in [0, 0.1) is 13.8 Å². The molecule has 1 aliphatic heterocycles.